The van der Waals surface area contributed by atoms with Crippen molar-refractivity contribution in [3.05, 3.63) is 93.5 Å². The molecule has 0 unspecified atom stereocenters. The van der Waals surface area contributed by atoms with Gasteiger partial charge in [-0.1, -0.05) is 42.5 Å². The highest BCUT2D eigenvalue weighted by Crippen LogP contribution is 2.19. The standard InChI is InChI=1S/C23H18BrN5O3/c24-20-9-8-19(32-20)22(30)25-10-11-29-21-18(12-27-29)23(31)28(14-26-21)13-16-6-3-5-15-4-1-2-7-17(15)16/h1-9,12,14H,10-11,13H2,(H,25,30). The van der Waals surface area contributed by atoms with Crippen LogP contribution in [0.15, 0.2) is 81.0 Å². The Bertz CT molecular complexity index is 1500. The van der Waals surface area contributed by atoms with E-state index in [1.807, 2.05) is 24.3 Å². The number of rotatable bonds is 6. The van der Waals surface area contributed by atoms with Crippen LogP contribution in [0.3, 0.4) is 0 Å². The number of furan rings is 1. The quantitative estimate of drug-likeness (QED) is 0.391. The van der Waals surface area contributed by atoms with Crippen LogP contribution in [0.2, 0.25) is 0 Å². The maximum absolute atomic E-state index is 13.0. The molecule has 0 spiro atoms. The molecule has 1 N–H and O–H groups in total. The van der Waals surface area contributed by atoms with Crippen LogP contribution in [0.5, 0.6) is 0 Å². The Kier molecular flexibility index (Phi) is 5.32. The van der Waals surface area contributed by atoms with Gasteiger partial charge < -0.3 is 9.73 Å². The average molecular weight is 492 g/mol. The van der Waals surface area contributed by atoms with E-state index in [1.165, 1.54) is 6.20 Å². The molecule has 0 atom stereocenters. The van der Waals surface area contributed by atoms with Crippen LogP contribution in [0, 0.1) is 0 Å². The highest BCUT2D eigenvalue weighted by Gasteiger charge is 2.13. The van der Waals surface area contributed by atoms with Crippen LogP contribution < -0.4 is 10.9 Å². The molecule has 0 saturated carbocycles. The van der Waals surface area contributed by atoms with Crippen LogP contribution in [0.1, 0.15) is 16.1 Å². The van der Waals surface area contributed by atoms with E-state index in [9.17, 15) is 9.59 Å². The van der Waals surface area contributed by atoms with Crippen molar-refractivity contribution >= 4 is 43.6 Å². The van der Waals surface area contributed by atoms with Crippen molar-refractivity contribution in [3.8, 4) is 0 Å². The third kappa shape index (κ3) is 3.82. The van der Waals surface area contributed by atoms with Crippen molar-refractivity contribution in [1.29, 1.82) is 0 Å². The maximum Gasteiger partial charge on any atom is 0.287 e. The lowest BCUT2D eigenvalue weighted by Crippen LogP contribution is -2.27. The number of aromatic nitrogens is 4. The zero-order valence-electron chi connectivity index (χ0n) is 16.9. The number of carbonyl (C=O) groups excluding carboxylic acids is 1. The number of hydrogen-bond acceptors (Lipinski definition) is 5. The molecule has 0 radical (unpaired) electrons. The first-order valence-electron chi connectivity index (χ1n) is 10.0. The molecular weight excluding hydrogens is 474 g/mol. The summed E-state index contributed by atoms with van der Waals surface area (Å²) in [4.78, 5) is 29.6. The van der Waals surface area contributed by atoms with E-state index in [1.54, 1.807) is 27.7 Å². The molecule has 0 bridgehead atoms. The number of hydrogen-bond donors (Lipinski definition) is 1. The summed E-state index contributed by atoms with van der Waals surface area (Å²) in [6.45, 7) is 1.11. The predicted molar refractivity (Wildman–Crippen MR) is 124 cm³/mol. The third-order valence-corrected chi connectivity index (χ3v) is 5.68. The van der Waals surface area contributed by atoms with E-state index >= 15 is 0 Å². The predicted octanol–water partition coefficient (Wildman–Crippen LogP) is 3.58. The summed E-state index contributed by atoms with van der Waals surface area (Å²) < 4.78 is 8.92. The molecule has 8 nitrogen and oxygen atoms in total. The van der Waals surface area contributed by atoms with E-state index < -0.39 is 0 Å². The molecule has 3 aromatic heterocycles. The molecule has 5 rings (SSSR count). The van der Waals surface area contributed by atoms with Crippen LogP contribution in [-0.4, -0.2) is 31.8 Å². The summed E-state index contributed by atoms with van der Waals surface area (Å²) >= 11 is 3.17. The highest BCUT2D eigenvalue weighted by molar-refractivity contribution is 9.10. The summed E-state index contributed by atoms with van der Waals surface area (Å²) in [6, 6.07) is 17.4. The molecular formula is C23H18BrN5O3. The van der Waals surface area contributed by atoms with Crippen LogP contribution in [0.25, 0.3) is 21.8 Å². The van der Waals surface area contributed by atoms with Gasteiger partial charge in [-0.3, -0.25) is 14.2 Å². The minimum absolute atomic E-state index is 0.154. The second kappa shape index (κ2) is 8.43. The Morgan fingerprint density at radius 2 is 1.91 bits per heavy atom. The summed E-state index contributed by atoms with van der Waals surface area (Å²) in [5, 5.41) is 9.73. The van der Waals surface area contributed by atoms with Gasteiger partial charge in [0, 0.05) is 6.54 Å². The largest absolute Gasteiger partial charge is 0.444 e. The second-order valence-corrected chi connectivity index (χ2v) is 8.06. The molecule has 9 heteroatoms. The molecule has 3 heterocycles. The number of nitrogens with zero attached hydrogens (tertiary/aromatic N) is 4. The summed E-state index contributed by atoms with van der Waals surface area (Å²) in [6.07, 6.45) is 3.07. The molecule has 0 aliphatic rings. The van der Waals surface area contributed by atoms with Gasteiger partial charge in [0.2, 0.25) is 0 Å². The van der Waals surface area contributed by atoms with E-state index in [0.717, 1.165) is 16.3 Å². The van der Waals surface area contributed by atoms with E-state index in [0.29, 0.717) is 35.3 Å². The van der Waals surface area contributed by atoms with Gasteiger partial charge in [0.25, 0.3) is 11.5 Å². The minimum Gasteiger partial charge on any atom is -0.444 e. The van der Waals surface area contributed by atoms with Crippen molar-refractivity contribution in [2.24, 2.45) is 0 Å². The topological polar surface area (TPSA) is 95.0 Å². The van der Waals surface area contributed by atoms with Crippen molar-refractivity contribution < 1.29 is 9.21 Å². The zero-order valence-corrected chi connectivity index (χ0v) is 18.4. The number of halogens is 1. The second-order valence-electron chi connectivity index (χ2n) is 7.28. The molecule has 1 amide bonds. The lowest BCUT2D eigenvalue weighted by atomic mass is 10.0. The van der Waals surface area contributed by atoms with Gasteiger partial charge in [-0.25, -0.2) is 9.67 Å². The van der Waals surface area contributed by atoms with E-state index in [2.05, 4.69) is 49.5 Å². The average Bonchev–Trinajstić information content (AvgIpc) is 3.42. The van der Waals surface area contributed by atoms with Crippen molar-refractivity contribution in [2.45, 2.75) is 13.1 Å². The minimum atomic E-state index is -0.322. The van der Waals surface area contributed by atoms with Crippen LogP contribution in [0.4, 0.5) is 0 Å². The number of amides is 1. The smallest absolute Gasteiger partial charge is 0.287 e. The van der Waals surface area contributed by atoms with Gasteiger partial charge in [0.15, 0.2) is 16.1 Å². The van der Waals surface area contributed by atoms with Crippen LogP contribution in [-0.2, 0) is 13.1 Å². The third-order valence-electron chi connectivity index (χ3n) is 5.25. The van der Waals surface area contributed by atoms with Gasteiger partial charge in [0.1, 0.15) is 11.7 Å². The zero-order chi connectivity index (χ0) is 22.1. The highest BCUT2D eigenvalue weighted by atomic mass is 79.9. The maximum atomic E-state index is 13.0. The lowest BCUT2D eigenvalue weighted by molar-refractivity contribution is 0.0923. The fourth-order valence-electron chi connectivity index (χ4n) is 3.69. The molecule has 0 saturated heterocycles. The number of carbonyl (C=O) groups is 1. The normalized spacial score (nSPS) is 11.3. The first-order valence-corrected chi connectivity index (χ1v) is 10.8. The SMILES string of the molecule is O=C(NCCn1ncc2c(=O)n(Cc3cccc4ccccc34)cnc21)c1ccc(Br)o1. The summed E-state index contributed by atoms with van der Waals surface area (Å²) in [5.74, 6) is -0.103. The van der Waals surface area contributed by atoms with Gasteiger partial charge in [0.05, 0.1) is 19.3 Å². The molecule has 5 aromatic rings. The number of fused-ring (bicyclic) bond motifs is 2. The Labute approximate surface area is 190 Å². The van der Waals surface area contributed by atoms with Gasteiger partial charge in [-0.2, -0.15) is 5.10 Å². The van der Waals surface area contributed by atoms with Crippen molar-refractivity contribution in [3.63, 3.8) is 0 Å². The molecule has 2 aromatic carbocycles. The monoisotopic (exact) mass is 491 g/mol. The molecule has 32 heavy (non-hydrogen) atoms. The Morgan fingerprint density at radius 1 is 1.06 bits per heavy atom. The molecule has 0 aliphatic carbocycles. The van der Waals surface area contributed by atoms with Crippen molar-refractivity contribution in [1.82, 2.24) is 24.6 Å². The summed E-state index contributed by atoms with van der Waals surface area (Å²) in [7, 11) is 0. The number of nitrogens with one attached hydrogen (secondary N) is 1. The first-order chi connectivity index (χ1) is 15.6. The lowest BCUT2D eigenvalue weighted by Gasteiger charge is -2.09. The first kappa shape index (κ1) is 20.2. The Morgan fingerprint density at radius 3 is 2.75 bits per heavy atom. The Balaban J connectivity index is 1.34. The van der Waals surface area contributed by atoms with Crippen LogP contribution >= 0.6 is 15.9 Å². The Hall–Kier alpha value is -3.72. The number of benzene rings is 2. The van der Waals surface area contributed by atoms with Gasteiger partial charge in [-0.15, -0.1) is 0 Å². The summed E-state index contributed by atoms with van der Waals surface area (Å²) in [5.41, 5.74) is 1.38. The van der Waals surface area contributed by atoms with E-state index in [-0.39, 0.29) is 17.2 Å². The van der Waals surface area contributed by atoms with Gasteiger partial charge in [-0.05, 0) is 44.4 Å². The van der Waals surface area contributed by atoms with E-state index in [4.69, 9.17) is 4.42 Å². The van der Waals surface area contributed by atoms with Gasteiger partial charge >= 0.3 is 0 Å². The van der Waals surface area contributed by atoms with Crippen molar-refractivity contribution in [2.75, 3.05) is 6.54 Å². The fourth-order valence-corrected chi connectivity index (χ4v) is 3.99. The molecule has 160 valence electrons. The fraction of sp³-hybridized carbons (Fsp3) is 0.130. The molecule has 0 aliphatic heterocycles. The molecule has 0 fully saturated rings.